The number of ether oxygens (including phenoxy) is 2. The molecule has 2 aromatic heterocycles. The van der Waals surface area contributed by atoms with E-state index in [4.69, 9.17) is 14.0 Å². The zero-order valence-electron chi connectivity index (χ0n) is 15.2. The van der Waals surface area contributed by atoms with Crippen molar-refractivity contribution in [1.82, 2.24) is 20.0 Å². The van der Waals surface area contributed by atoms with Crippen LogP contribution in [0.15, 0.2) is 51.0 Å². The van der Waals surface area contributed by atoms with Crippen molar-refractivity contribution < 1.29 is 18.8 Å². The molecule has 1 atom stereocenters. The molecule has 3 aromatic rings. The summed E-state index contributed by atoms with van der Waals surface area (Å²) in [5.74, 6) is 2.42. The van der Waals surface area contributed by atoms with Gasteiger partial charge in [-0.05, 0) is 18.2 Å². The van der Waals surface area contributed by atoms with Crippen LogP contribution in [0.25, 0.3) is 11.3 Å². The summed E-state index contributed by atoms with van der Waals surface area (Å²) in [7, 11) is 0. The Morgan fingerprint density at radius 2 is 2.14 bits per heavy atom. The van der Waals surface area contributed by atoms with Crippen LogP contribution >= 0.6 is 11.8 Å². The van der Waals surface area contributed by atoms with Gasteiger partial charge in [0, 0.05) is 36.1 Å². The number of nitrogens with one attached hydrogen (secondary N) is 1. The van der Waals surface area contributed by atoms with Gasteiger partial charge < -0.3 is 19.3 Å². The monoisotopic (exact) mass is 412 g/mol. The minimum absolute atomic E-state index is 0.136. The maximum atomic E-state index is 12.4. The molecule has 4 heterocycles. The first-order valence-electron chi connectivity index (χ1n) is 9.00. The number of amides is 1. The van der Waals surface area contributed by atoms with Crippen molar-refractivity contribution in [1.29, 1.82) is 0 Å². The van der Waals surface area contributed by atoms with E-state index in [-0.39, 0.29) is 37.3 Å². The van der Waals surface area contributed by atoms with Gasteiger partial charge in [0.15, 0.2) is 22.4 Å². The summed E-state index contributed by atoms with van der Waals surface area (Å²) in [6.45, 7) is 0.445. The molecule has 0 aliphatic carbocycles. The molecule has 10 heteroatoms. The van der Waals surface area contributed by atoms with Crippen LogP contribution in [0.2, 0.25) is 0 Å². The smallest absolute Gasteiger partial charge is 0.254 e. The topological polar surface area (TPSA) is 108 Å². The molecule has 0 fully saturated rings. The molecule has 2 aliphatic rings. The Morgan fingerprint density at radius 1 is 1.24 bits per heavy atom. The molecule has 29 heavy (non-hydrogen) atoms. The second-order valence-corrected chi connectivity index (χ2v) is 7.62. The van der Waals surface area contributed by atoms with E-state index in [9.17, 15) is 9.59 Å². The predicted molar refractivity (Wildman–Crippen MR) is 103 cm³/mol. The van der Waals surface area contributed by atoms with Crippen LogP contribution in [0.1, 0.15) is 18.2 Å². The summed E-state index contributed by atoms with van der Waals surface area (Å²) in [5.41, 5.74) is 1.28. The van der Waals surface area contributed by atoms with Crippen LogP contribution in [0, 0.1) is 0 Å². The van der Waals surface area contributed by atoms with E-state index in [1.165, 1.54) is 24.0 Å². The Balaban J connectivity index is 1.21. The lowest BCUT2D eigenvalue weighted by molar-refractivity contribution is -0.121. The fraction of sp³-hybridized carbons (Fsp3) is 0.263. The molecule has 2 aliphatic heterocycles. The van der Waals surface area contributed by atoms with Gasteiger partial charge in [-0.3, -0.25) is 14.2 Å². The molecule has 5 rings (SSSR count). The zero-order chi connectivity index (χ0) is 19.8. The predicted octanol–water partition coefficient (Wildman–Crippen LogP) is 1.98. The minimum Gasteiger partial charge on any atom is -0.454 e. The highest BCUT2D eigenvalue weighted by atomic mass is 32.2. The lowest BCUT2D eigenvalue weighted by Gasteiger charge is -2.12. The van der Waals surface area contributed by atoms with Gasteiger partial charge in [0.2, 0.25) is 12.7 Å². The first kappa shape index (κ1) is 17.8. The minimum atomic E-state index is -0.197. The third-order valence-corrected chi connectivity index (χ3v) is 5.83. The summed E-state index contributed by atoms with van der Waals surface area (Å²) in [6, 6.07) is 8.48. The van der Waals surface area contributed by atoms with Crippen molar-refractivity contribution in [3.05, 3.63) is 52.6 Å². The average Bonchev–Trinajstić information content (AvgIpc) is 3.46. The van der Waals surface area contributed by atoms with Gasteiger partial charge in [0.1, 0.15) is 5.69 Å². The lowest BCUT2D eigenvalue weighted by atomic mass is 10.1. The largest absolute Gasteiger partial charge is 0.454 e. The van der Waals surface area contributed by atoms with Crippen molar-refractivity contribution in [2.75, 3.05) is 12.5 Å². The number of carbonyl (C=O) groups is 1. The van der Waals surface area contributed by atoms with Gasteiger partial charge in [-0.1, -0.05) is 16.9 Å². The molecule has 0 saturated heterocycles. The summed E-state index contributed by atoms with van der Waals surface area (Å²) >= 11 is 1.48. The molecular formula is C19H16N4O5S. The quantitative estimate of drug-likeness (QED) is 0.634. The van der Waals surface area contributed by atoms with E-state index in [0.29, 0.717) is 33.9 Å². The van der Waals surface area contributed by atoms with Crippen molar-refractivity contribution in [3.63, 3.8) is 0 Å². The third kappa shape index (κ3) is 3.46. The summed E-state index contributed by atoms with van der Waals surface area (Å²) in [6.07, 6.45) is 1.70. The zero-order valence-corrected chi connectivity index (χ0v) is 16.0. The van der Waals surface area contributed by atoms with Gasteiger partial charge in [0.05, 0.1) is 12.6 Å². The van der Waals surface area contributed by atoms with E-state index in [1.54, 1.807) is 10.6 Å². The van der Waals surface area contributed by atoms with E-state index in [1.807, 2.05) is 18.2 Å². The number of thioether (sulfide) groups is 1. The molecule has 0 spiro atoms. The summed E-state index contributed by atoms with van der Waals surface area (Å²) < 4.78 is 17.6. The summed E-state index contributed by atoms with van der Waals surface area (Å²) in [4.78, 5) is 28.6. The molecular weight excluding hydrogens is 396 g/mol. The molecule has 0 bridgehead atoms. The first-order valence-corrected chi connectivity index (χ1v) is 9.98. The fourth-order valence-corrected chi connectivity index (χ4v) is 4.42. The normalized spacial score (nSPS) is 16.6. The van der Waals surface area contributed by atoms with Gasteiger partial charge in [-0.25, -0.2) is 4.98 Å². The van der Waals surface area contributed by atoms with Crippen molar-refractivity contribution >= 4 is 17.7 Å². The molecule has 0 radical (unpaired) electrons. The van der Waals surface area contributed by atoms with E-state index < -0.39 is 0 Å². The Bertz CT molecular complexity index is 1140. The van der Waals surface area contributed by atoms with E-state index in [0.717, 1.165) is 5.56 Å². The number of hydrogen-bond acceptors (Lipinski definition) is 8. The first-order chi connectivity index (χ1) is 14.2. The van der Waals surface area contributed by atoms with Crippen LogP contribution in [-0.2, 0) is 11.3 Å². The highest BCUT2D eigenvalue weighted by molar-refractivity contribution is 7.99. The number of rotatable bonds is 5. The van der Waals surface area contributed by atoms with Crippen LogP contribution < -0.4 is 20.3 Å². The highest BCUT2D eigenvalue weighted by Crippen LogP contribution is 2.36. The van der Waals surface area contributed by atoms with Crippen molar-refractivity contribution in [3.8, 4) is 22.8 Å². The second-order valence-electron chi connectivity index (χ2n) is 6.63. The van der Waals surface area contributed by atoms with Gasteiger partial charge in [-0.15, -0.1) is 0 Å². The maximum absolute atomic E-state index is 12.4. The van der Waals surface area contributed by atoms with E-state index >= 15 is 0 Å². The van der Waals surface area contributed by atoms with Crippen LogP contribution in [0.3, 0.4) is 0 Å². The Kier molecular flexibility index (Phi) is 4.47. The Labute approximate surface area is 169 Å². The average molecular weight is 412 g/mol. The SMILES string of the molecule is O=C(CC1CSc2nccc(=O)n21)NCc1cc(-c2ccc3c(c2)OCO3)on1. The maximum Gasteiger partial charge on any atom is 0.254 e. The van der Waals surface area contributed by atoms with Gasteiger partial charge in [-0.2, -0.15) is 0 Å². The van der Waals surface area contributed by atoms with Gasteiger partial charge >= 0.3 is 0 Å². The molecule has 148 valence electrons. The van der Waals surface area contributed by atoms with Crippen LogP contribution in [-0.4, -0.2) is 33.2 Å². The molecule has 1 unspecified atom stereocenters. The van der Waals surface area contributed by atoms with Gasteiger partial charge in [0.25, 0.3) is 5.56 Å². The van der Waals surface area contributed by atoms with Crippen LogP contribution in [0.4, 0.5) is 0 Å². The number of fused-ring (bicyclic) bond motifs is 2. The van der Waals surface area contributed by atoms with Crippen molar-refractivity contribution in [2.24, 2.45) is 0 Å². The number of nitrogens with zero attached hydrogens (tertiary/aromatic N) is 3. The third-order valence-electron chi connectivity index (χ3n) is 4.72. The number of aromatic nitrogens is 3. The van der Waals surface area contributed by atoms with Crippen LogP contribution in [0.5, 0.6) is 11.5 Å². The van der Waals surface area contributed by atoms with E-state index in [2.05, 4.69) is 15.5 Å². The standard InChI is InChI=1S/C19H16N4O5S/c24-17(7-13-9-29-19-20-4-3-18(25)23(13)19)21-8-12-6-15(28-22-12)11-1-2-14-16(5-11)27-10-26-14/h1-6,13H,7-10H2,(H,21,24). The second kappa shape index (κ2) is 7.28. The Hall–Kier alpha value is -3.27. The highest BCUT2D eigenvalue weighted by Gasteiger charge is 2.26. The Morgan fingerprint density at radius 3 is 3.07 bits per heavy atom. The molecule has 1 amide bonds. The molecule has 1 aromatic carbocycles. The summed E-state index contributed by atoms with van der Waals surface area (Å²) in [5, 5.41) is 7.49. The lowest BCUT2D eigenvalue weighted by Crippen LogP contribution is -2.30. The molecule has 0 saturated carbocycles. The molecule has 1 N–H and O–H groups in total. The number of hydrogen-bond donors (Lipinski definition) is 1. The fourth-order valence-electron chi connectivity index (χ4n) is 3.30. The number of benzene rings is 1. The molecule has 9 nitrogen and oxygen atoms in total. The van der Waals surface area contributed by atoms with Crippen molar-refractivity contribution in [2.45, 2.75) is 24.2 Å². The number of carbonyl (C=O) groups excluding carboxylic acids is 1.